The lowest BCUT2D eigenvalue weighted by Gasteiger charge is -2.21. The Morgan fingerprint density at radius 1 is 1.09 bits per heavy atom. The third-order valence-corrected chi connectivity index (χ3v) is 5.33. The van der Waals surface area contributed by atoms with Gasteiger partial charge in [0.25, 0.3) is 0 Å². The number of anilines is 2. The molecule has 33 heavy (non-hydrogen) atoms. The predicted octanol–water partition coefficient (Wildman–Crippen LogP) is 4.79. The minimum Gasteiger partial charge on any atom is -0.385 e. The standard InChI is InChI=1S/C24H31F2N3O3S/c1-6-11-27-21-14-18(24(2,3)4)9-7-17(21)8-10-22(30)28-15-16-12-19(25)23(20(26)13-16)29-33(5,31)32/h7-10,12-14,27,29H,6,11,15H2,1-5H3,(H,28,30). The number of carbonyl (C=O) groups excluding carboxylic acids is 1. The lowest BCUT2D eigenvalue weighted by Crippen LogP contribution is -2.21. The number of hydrogen-bond acceptors (Lipinski definition) is 4. The van der Waals surface area contributed by atoms with Crippen LogP contribution in [0.2, 0.25) is 0 Å². The monoisotopic (exact) mass is 479 g/mol. The summed E-state index contributed by atoms with van der Waals surface area (Å²) in [6.07, 6.45) is 4.79. The second kappa shape index (κ2) is 10.8. The summed E-state index contributed by atoms with van der Waals surface area (Å²) in [4.78, 5) is 12.3. The second-order valence-electron chi connectivity index (χ2n) is 8.84. The van der Waals surface area contributed by atoms with Crippen molar-refractivity contribution in [2.24, 2.45) is 0 Å². The van der Waals surface area contributed by atoms with Crippen molar-refractivity contribution in [3.63, 3.8) is 0 Å². The molecule has 2 aromatic rings. The van der Waals surface area contributed by atoms with Gasteiger partial charge in [-0.2, -0.15) is 0 Å². The third-order valence-electron chi connectivity index (χ3n) is 4.76. The summed E-state index contributed by atoms with van der Waals surface area (Å²) >= 11 is 0. The van der Waals surface area contributed by atoms with E-state index in [0.29, 0.717) is 0 Å². The maximum atomic E-state index is 14.1. The van der Waals surface area contributed by atoms with Crippen LogP contribution >= 0.6 is 0 Å². The summed E-state index contributed by atoms with van der Waals surface area (Å²) in [7, 11) is -3.83. The van der Waals surface area contributed by atoms with Gasteiger partial charge in [0.1, 0.15) is 5.69 Å². The Balaban J connectivity index is 2.11. The van der Waals surface area contributed by atoms with Crippen LogP contribution in [0.1, 0.15) is 50.8 Å². The van der Waals surface area contributed by atoms with E-state index in [4.69, 9.17) is 0 Å². The van der Waals surface area contributed by atoms with Crippen LogP contribution in [0.15, 0.2) is 36.4 Å². The molecule has 3 N–H and O–H groups in total. The van der Waals surface area contributed by atoms with E-state index in [-0.39, 0.29) is 17.5 Å². The highest BCUT2D eigenvalue weighted by molar-refractivity contribution is 7.92. The minimum absolute atomic E-state index is 0.0147. The number of carbonyl (C=O) groups is 1. The van der Waals surface area contributed by atoms with E-state index in [1.54, 1.807) is 10.8 Å². The number of nitrogens with one attached hydrogen (secondary N) is 3. The fraction of sp³-hybridized carbons (Fsp3) is 0.375. The van der Waals surface area contributed by atoms with Gasteiger partial charge in [-0.1, -0.05) is 39.8 Å². The van der Waals surface area contributed by atoms with Gasteiger partial charge in [0.2, 0.25) is 15.9 Å². The lowest BCUT2D eigenvalue weighted by molar-refractivity contribution is -0.116. The van der Waals surface area contributed by atoms with Crippen LogP contribution in [0.5, 0.6) is 0 Å². The van der Waals surface area contributed by atoms with E-state index in [9.17, 15) is 22.0 Å². The van der Waals surface area contributed by atoms with Crippen molar-refractivity contribution in [2.45, 2.75) is 46.1 Å². The van der Waals surface area contributed by atoms with Gasteiger partial charge in [-0.25, -0.2) is 17.2 Å². The van der Waals surface area contributed by atoms with E-state index in [1.165, 1.54) is 11.6 Å². The smallest absolute Gasteiger partial charge is 0.244 e. The van der Waals surface area contributed by atoms with Crippen molar-refractivity contribution < 1.29 is 22.0 Å². The molecule has 0 saturated carbocycles. The molecule has 0 aromatic heterocycles. The van der Waals surface area contributed by atoms with Gasteiger partial charge in [-0.15, -0.1) is 0 Å². The van der Waals surface area contributed by atoms with Crippen LogP contribution in [0, 0.1) is 11.6 Å². The first-order valence-electron chi connectivity index (χ1n) is 10.6. The summed E-state index contributed by atoms with van der Waals surface area (Å²) in [5, 5.41) is 5.95. The highest BCUT2D eigenvalue weighted by atomic mass is 32.2. The molecule has 0 fully saturated rings. The molecular weight excluding hydrogens is 448 g/mol. The molecule has 0 heterocycles. The molecule has 0 unspecified atom stereocenters. The molecule has 6 nitrogen and oxygen atoms in total. The van der Waals surface area contributed by atoms with E-state index in [0.717, 1.165) is 42.6 Å². The third kappa shape index (κ3) is 8.16. The topological polar surface area (TPSA) is 87.3 Å². The number of halogens is 2. The van der Waals surface area contributed by atoms with Gasteiger partial charge in [0, 0.05) is 24.9 Å². The highest BCUT2D eigenvalue weighted by Crippen LogP contribution is 2.28. The molecule has 0 aliphatic rings. The SMILES string of the molecule is CCCNc1cc(C(C)(C)C)ccc1C=CC(=O)NCc1cc(F)c(NS(C)(=O)=O)c(F)c1. The van der Waals surface area contributed by atoms with Crippen molar-refractivity contribution in [2.75, 3.05) is 22.8 Å². The van der Waals surface area contributed by atoms with Crippen molar-refractivity contribution in [1.82, 2.24) is 5.32 Å². The van der Waals surface area contributed by atoms with Crippen molar-refractivity contribution in [3.05, 3.63) is 64.7 Å². The Morgan fingerprint density at radius 2 is 1.73 bits per heavy atom. The Morgan fingerprint density at radius 3 is 2.27 bits per heavy atom. The molecule has 180 valence electrons. The first kappa shape index (κ1) is 26.3. The fourth-order valence-corrected chi connectivity index (χ4v) is 3.57. The van der Waals surface area contributed by atoms with Gasteiger partial charge in [-0.05, 0) is 52.8 Å². The van der Waals surface area contributed by atoms with Crippen LogP contribution in [-0.2, 0) is 26.8 Å². The minimum atomic E-state index is -3.83. The highest BCUT2D eigenvalue weighted by Gasteiger charge is 2.16. The van der Waals surface area contributed by atoms with Crippen molar-refractivity contribution >= 4 is 33.4 Å². The molecule has 9 heteroatoms. The molecule has 0 aliphatic heterocycles. The zero-order valence-corrected chi connectivity index (χ0v) is 20.4. The van der Waals surface area contributed by atoms with Crippen LogP contribution in [0.3, 0.4) is 0 Å². The quantitative estimate of drug-likeness (QED) is 0.452. The molecule has 2 aromatic carbocycles. The zero-order chi connectivity index (χ0) is 24.8. The molecular formula is C24H31F2N3O3S. The zero-order valence-electron chi connectivity index (χ0n) is 19.6. The molecule has 0 aliphatic carbocycles. The Labute approximate surface area is 194 Å². The summed E-state index contributed by atoms with van der Waals surface area (Å²) < 4.78 is 52.5. The molecule has 0 atom stereocenters. The number of rotatable bonds is 9. The van der Waals surface area contributed by atoms with E-state index in [1.807, 2.05) is 12.1 Å². The van der Waals surface area contributed by atoms with Crippen LogP contribution in [0.4, 0.5) is 20.2 Å². The molecule has 0 radical (unpaired) electrons. The van der Waals surface area contributed by atoms with Crippen LogP contribution < -0.4 is 15.4 Å². The normalized spacial score (nSPS) is 12.1. The Hall–Kier alpha value is -2.94. The van der Waals surface area contributed by atoms with Gasteiger partial charge in [0.05, 0.1) is 6.26 Å². The molecule has 0 saturated heterocycles. The van der Waals surface area contributed by atoms with Crippen LogP contribution in [0.25, 0.3) is 6.08 Å². The summed E-state index contributed by atoms with van der Waals surface area (Å²) in [6, 6.07) is 7.98. The molecule has 2 rings (SSSR count). The maximum Gasteiger partial charge on any atom is 0.244 e. The van der Waals surface area contributed by atoms with E-state index in [2.05, 4.69) is 44.4 Å². The lowest BCUT2D eigenvalue weighted by atomic mass is 9.86. The predicted molar refractivity (Wildman–Crippen MR) is 130 cm³/mol. The van der Waals surface area contributed by atoms with Gasteiger partial charge < -0.3 is 10.6 Å². The number of hydrogen-bond donors (Lipinski definition) is 3. The van der Waals surface area contributed by atoms with E-state index < -0.39 is 33.3 Å². The fourth-order valence-electron chi connectivity index (χ4n) is 3.01. The van der Waals surface area contributed by atoms with E-state index >= 15 is 0 Å². The average Bonchev–Trinajstić information content (AvgIpc) is 2.70. The van der Waals surface area contributed by atoms with Gasteiger partial charge in [-0.3, -0.25) is 9.52 Å². The van der Waals surface area contributed by atoms with Crippen molar-refractivity contribution in [3.8, 4) is 0 Å². The Bertz CT molecular complexity index is 1120. The first-order chi connectivity index (χ1) is 15.3. The Kier molecular flexibility index (Phi) is 8.60. The molecule has 0 bridgehead atoms. The molecule has 0 spiro atoms. The average molecular weight is 480 g/mol. The second-order valence-corrected chi connectivity index (χ2v) is 10.6. The molecule has 1 amide bonds. The number of sulfonamides is 1. The maximum absolute atomic E-state index is 14.1. The van der Waals surface area contributed by atoms with Gasteiger partial charge >= 0.3 is 0 Å². The summed E-state index contributed by atoms with van der Waals surface area (Å²) in [5.41, 5.74) is 2.33. The number of benzene rings is 2. The largest absolute Gasteiger partial charge is 0.385 e. The first-order valence-corrected chi connectivity index (χ1v) is 12.5. The number of amides is 1. The van der Waals surface area contributed by atoms with Crippen molar-refractivity contribution in [1.29, 1.82) is 0 Å². The van der Waals surface area contributed by atoms with Crippen LogP contribution in [-0.4, -0.2) is 27.1 Å². The van der Waals surface area contributed by atoms with Gasteiger partial charge in [0.15, 0.2) is 11.6 Å². The summed E-state index contributed by atoms with van der Waals surface area (Å²) in [6.45, 7) is 9.13. The summed E-state index contributed by atoms with van der Waals surface area (Å²) in [5.74, 6) is -2.56.